The third kappa shape index (κ3) is 5.41. The molecule has 0 radical (unpaired) electrons. The van der Waals surface area contributed by atoms with Crippen molar-refractivity contribution in [2.45, 2.75) is 19.8 Å². The van der Waals surface area contributed by atoms with Gasteiger partial charge in [-0.05, 0) is 42.3 Å². The molecule has 1 aromatic heterocycles. The van der Waals surface area contributed by atoms with Gasteiger partial charge in [-0.1, -0.05) is 29.7 Å². The molecule has 0 aliphatic heterocycles. The van der Waals surface area contributed by atoms with Crippen LogP contribution in [0, 0.1) is 82.1 Å². The van der Waals surface area contributed by atoms with Crippen LogP contribution in [0.4, 0.5) is 13.2 Å². The molecule has 3 aromatic rings. The predicted molar refractivity (Wildman–Crippen MR) is 117 cm³/mol. The summed E-state index contributed by atoms with van der Waals surface area (Å²) in [5, 5.41) is 27.2. The number of hydrogen-bond donors (Lipinski definition) is 0. The topological polar surface area (TPSA) is 84.3 Å². The van der Waals surface area contributed by atoms with Crippen LogP contribution in [0.3, 0.4) is 0 Å². The Morgan fingerprint density at radius 3 is 1.71 bits per heavy atom. The standard InChI is InChI=1S/C27H13F3N4/c1-17-10-22(27(30)16-34-17)4-2-18-11-19(21(7-9-32)12-20(18)6-8-31)3-5-23-13-26(29)24(15-33)14-25(23)28/h10-14,16H,6-7H2,1H3. The second kappa shape index (κ2) is 10.5. The number of nitrogens with zero attached hydrogens (tertiary/aromatic N) is 4. The molecule has 0 fully saturated rings. The van der Waals surface area contributed by atoms with E-state index in [0.29, 0.717) is 27.9 Å². The summed E-state index contributed by atoms with van der Waals surface area (Å²) < 4.78 is 42.2. The molecule has 0 bridgehead atoms. The quantitative estimate of drug-likeness (QED) is 0.534. The van der Waals surface area contributed by atoms with Crippen LogP contribution in [0.25, 0.3) is 0 Å². The molecule has 3 rings (SSSR count). The van der Waals surface area contributed by atoms with E-state index in [1.54, 1.807) is 19.1 Å². The number of benzene rings is 2. The number of halogens is 3. The molecule has 0 atom stereocenters. The van der Waals surface area contributed by atoms with Gasteiger partial charge in [0.05, 0.1) is 47.9 Å². The lowest BCUT2D eigenvalue weighted by molar-refractivity contribution is 0.594. The van der Waals surface area contributed by atoms with E-state index in [2.05, 4.69) is 28.7 Å². The number of rotatable bonds is 2. The van der Waals surface area contributed by atoms with Crippen molar-refractivity contribution in [2.24, 2.45) is 0 Å². The normalized spacial score (nSPS) is 9.44. The number of aromatic nitrogens is 1. The molecule has 7 heteroatoms. The van der Waals surface area contributed by atoms with Gasteiger partial charge in [-0.3, -0.25) is 4.98 Å². The van der Waals surface area contributed by atoms with Gasteiger partial charge in [0.1, 0.15) is 17.7 Å². The lowest BCUT2D eigenvalue weighted by Gasteiger charge is -2.07. The van der Waals surface area contributed by atoms with E-state index in [1.165, 1.54) is 12.1 Å². The molecule has 0 aliphatic carbocycles. The van der Waals surface area contributed by atoms with Crippen LogP contribution >= 0.6 is 0 Å². The highest BCUT2D eigenvalue weighted by atomic mass is 19.1. The van der Waals surface area contributed by atoms with Gasteiger partial charge >= 0.3 is 0 Å². The molecule has 0 spiro atoms. The minimum absolute atomic E-state index is 0.0104. The van der Waals surface area contributed by atoms with Gasteiger partial charge in [-0.25, -0.2) is 13.2 Å². The fourth-order valence-corrected chi connectivity index (χ4v) is 3.03. The first-order valence-electron chi connectivity index (χ1n) is 9.81. The van der Waals surface area contributed by atoms with E-state index < -0.39 is 23.0 Å². The SMILES string of the molecule is Cc1cc(C#Cc2cc(C#Cc3cc(F)c(C#N)cc3F)c(CC#N)cc2CC#N)c(F)cn1. The van der Waals surface area contributed by atoms with Crippen LogP contribution < -0.4 is 0 Å². The van der Waals surface area contributed by atoms with Crippen LogP contribution in [0.2, 0.25) is 0 Å². The Bertz CT molecular complexity index is 1550. The molecule has 162 valence electrons. The van der Waals surface area contributed by atoms with E-state index in [4.69, 9.17) is 5.26 Å². The largest absolute Gasteiger partial charge is 0.258 e. The van der Waals surface area contributed by atoms with Crippen molar-refractivity contribution < 1.29 is 13.2 Å². The van der Waals surface area contributed by atoms with E-state index in [1.807, 2.05) is 12.1 Å². The van der Waals surface area contributed by atoms with Crippen molar-refractivity contribution in [2.75, 3.05) is 0 Å². The van der Waals surface area contributed by atoms with Gasteiger partial charge in [-0.2, -0.15) is 15.8 Å². The van der Waals surface area contributed by atoms with E-state index >= 15 is 0 Å². The molecule has 0 saturated carbocycles. The fraction of sp³-hybridized carbons (Fsp3) is 0.111. The molecule has 2 aromatic carbocycles. The van der Waals surface area contributed by atoms with Crippen molar-refractivity contribution >= 4 is 0 Å². The minimum atomic E-state index is -0.906. The van der Waals surface area contributed by atoms with Crippen LogP contribution in [0.1, 0.15) is 44.6 Å². The summed E-state index contributed by atoms with van der Waals surface area (Å²) in [5.41, 5.74) is 1.71. The van der Waals surface area contributed by atoms with Crippen molar-refractivity contribution in [1.82, 2.24) is 4.98 Å². The first kappa shape index (κ1) is 23.6. The molecule has 0 amide bonds. The van der Waals surface area contributed by atoms with Crippen LogP contribution in [0.15, 0.2) is 36.5 Å². The molecule has 0 N–H and O–H groups in total. The van der Waals surface area contributed by atoms with E-state index in [-0.39, 0.29) is 24.0 Å². The number of pyridine rings is 1. The van der Waals surface area contributed by atoms with Crippen LogP contribution in [-0.2, 0) is 12.8 Å². The Kier molecular flexibility index (Phi) is 7.31. The van der Waals surface area contributed by atoms with Crippen molar-refractivity contribution in [1.29, 1.82) is 15.8 Å². The van der Waals surface area contributed by atoms with Gasteiger partial charge in [0.25, 0.3) is 0 Å². The van der Waals surface area contributed by atoms with Gasteiger partial charge < -0.3 is 0 Å². The molecular weight excluding hydrogens is 437 g/mol. The molecule has 34 heavy (non-hydrogen) atoms. The number of nitriles is 3. The van der Waals surface area contributed by atoms with Crippen LogP contribution in [-0.4, -0.2) is 4.98 Å². The maximum atomic E-state index is 14.2. The third-order valence-electron chi connectivity index (χ3n) is 4.70. The zero-order valence-electron chi connectivity index (χ0n) is 17.8. The monoisotopic (exact) mass is 450 g/mol. The van der Waals surface area contributed by atoms with E-state index in [0.717, 1.165) is 18.3 Å². The molecule has 0 unspecified atom stereocenters. The van der Waals surface area contributed by atoms with Gasteiger partial charge in [0.15, 0.2) is 5.82 Å². The predicted octanol–water partition coefficient (Wildman–Crippen LogP) is 4.61. The molecular formula is C27H13F3N4. The number of hydrogen-bond acceptors (Lipinski definition) is 4. The zero-order valence-corrected chi connectivity index (χ0v) is 17.8. The van der Waals surface area contributed by atoms with Crippen molar-refractivity contribution in [3.63, 3.8) is 0 Å². The molecule has 0 aliphatic rings. The average molecular weight is 450 g/mol. The first-order valence-corrected chi connectivity index (χ1v) is 9.81. The Balaban J connectivity index is 2.15. The summed E-state index contributed by atoms with van der Waals surface area (Å²) in [6.07, 6.45) is 1.01. The fourth-order valence-electron chi connectivity index (χ4n) is 3.03. The zero-order chi connectivity index (χ0) is 24.7. The number of aryl methyl sites for hydroxylation is 1. The van der Waals surface area contributed by atoms with Gasteiger partial charge in [0, 0.05) is 16.8 Å². The second-order valence-corrected chi connectivity index (χ2v) is 7.07. The lowest BCUT2D eigenvalue weighted by Crippen LogP contribution is -1.98. The van der Waals surface area contributed by atoms with Crippen molar-refractivity contribution in [3.8, 4) is 41.9 Å². The molecule has 4 nitrogen and oxygen atoms in total. The first-order chi connectivity index (χ1) is 16.4. The highest BCUT2D eigenvalue weighted by Crippen LogP contribution is 2.19. The maximum Gasteiger partial charge on any atom is 0.157 e. The summed E-state index contributed by atoms with van der Waals surface area (Å²) in [4.78, 5) is 3.85. The molecule has 0 saturated heterocycles. The van der Waals surface area contributed by atoms with E-state index in [9.17, 15) is 23.7 Å². The smallest absolute Gasteiger partial charge is 0.157 e. The highest BCUT2D eigenvalue weighted by Gasteiger charge is 2.10. The molecule has 1 heterocycles. The second-order valence-electron chi connectivity index (χ2n) is 7.07. The minimum Gasteiger partial charge on any atom is -0.258 e. The van der Waals surface area contributed by atoms with Crippen molar-refractivity contribution in [3.05, 3.63) is 98.6 Å². The summed E-state index contributed by atoms with van der Waals surface area (Å²) >= 11 is 0. The summed E-state index contributed by atoms with van der Waals surface area (Å²) in [6, 6.07) is 11.8. The summed E-state index contributed by atoms with van der Waals surface area (Å²) in [5.74, 6) is 8.44. The van der Waals surface area contributed by atoms with Gasteiger partial charge in [-0.15, -0.1) is 0 Å². The highest BCUT2D eigenvalue weighted by molar-refractivity contribution is 5.57. The van der Waals surface area contributed by atoms with Gasteiger partial charge in [0.2, 0.25) is 0 Å². The van der Waals surface area contributed by atoms with Crippen LogP contribution in [0.5, 0.6) is 0 Å². The lowest BCUT2D eigenvalue weighted by atomic mass is 9.95. The average Bonchev–Trinajstić information content (AvgIpc) is 2.81. The summed E-state index contributed by atoms with van der Waals surface area (Å²) in [7, 11) is 0. The summed E-state index contributed by atoms with van der Waals surface area (Å²) in [6.45, 7) is 1.70. The Hall–Kier alpha value is -5.03. The maximum absolute atomic E-state index is 14.2. The Morgan fingerprint density at radius 2 is 1.15 bits per heavy atom. The third-order valence-corrected chi connectivity index (χ3v) is 4.70. The Morgan fingerprint density at radius 1 is 0.647 bits per heavy atom. The Labute approximate surface area is 194 Å².